The molecule has 2 nitrogen and oxygen atoms in total. The second-order valence-electron chi connectivity index (χ2n) is 6.23. The van der Waals surface area contributed by atoms with E-state index in [-0.39, 0.29) is 0 Å². The Morgan fingerprint density at radius 1 is 0.778 bits per heavy atom. The van der Waals surface area contributed by atoms with Crippen molar-refractivity contribution in [1.82, 2.24) is 9.80 Å². The van der Waals surface area contributed by atoms with Crippen LogP contribution in [0.2, 0.25) is 0 Å². The van der Waals surface area contributed by atoms with Crippen molar-refractivity contribution in [3.63, 3.8) is 0 Å². The van der Waals surface area contributed by atoms with Crippen LogP contribution in [0.25, 0.3) is 0 Å². The van der Waals surface area contributed by atoms with E-state index in [0.29, 0.717) is 0 Å². The van der Waals surface area contributed by atoms with Crippen LogP contribution < -0.4 is 0 Å². The van der Waals surface area contributed by atoms with Crippen molar-refractivity contribution in [3.05, 3.63) is 0 Å². The molecule has 18 heavy (non-hydrogen) atoms. The molecule has 1 heterocycles. The van der Waals surface area contributed by atoms with E-state index in [1.165, 1.54) is 77.8 Å². The number of hydrogen-bond acceptors (Lipinski definition) is 2. The number of nitrogens with zero attached hydrogens (tertiary/aromatic N) is 2. The minimum absolute atomic E-state index is 0.889. The van der Waals surface area contributed by atoms with Crippen molar-refractivity contribution in [1.29, 1.82) is 0 Å². The Labute approximate surface area is 115 Å². The summed E-state index contributed by atoms with van der Waals surface area (Å²) in [7, 11) is 0. The minimum atomic E-state index is 0.889. The maximum atomic E-state index is 2.65. The molecule has 1 aliphatic heterocycles. The van der Waals surface area contributed by atoms with Crippen LogP contribution >= 0.6 is 0 Å². The number of rotatable bonds is 9. The molecular formula is C16H34N2. The summed E-state index contributed by atoms with van der Waals surface area (Å²) in [6.45, 7) is 14.6. The van der Waals surface area contributed by atoms with E-state index in [2.05, 4.69) is 30.6 Å². The maximum Gasteiger partial charge on any atom is 0.0110 e. The summed E-state index contributed by atoms with van der Waals surface area (Å²) in [5.41, 5.74) is 0. The fourth-order valence-corrected chi connectivity index (χ4v) is 2.75. The summed E-state index contributed by atoms with van der Waals surface area (Å²) in [5.74, 6) is 0.889. The van der Waals surface area contributed by atoms with Gasteiger partial charge in [0.1, 0.15) is 0 Å². The fraction of sp³-hybridized carbons (Fsp3) is 1.00. The van der Waals surface area contributed by atoms with Gasteiger partial charge in [-0.3, -0.25) is 0 Å². The van der Waals surface area contributed by atoms with Gasteiger partial charge in [-0.1, -0.05) is 52.9 Å². The molecule has 1 saturated heterocycles. The van der Waals surface area contributed by atoms with Crippen molar-refractivity contribution < 1.29 is 0 Å². The fourth-order valence-electron chi connectivity index (χ4n) is 2.75. The molecule has 0 aromatic heterocycles. The molecule has 1 rings (SSSR count). The van der Waals surface area contributed by atoms with Gasteiger partial charge in [0.15, 0.2) is 0 Å². The molecule has 1 aliphatic rings. The lowest BCUT2D eigenvalue weighted by atomic mass is 10.0. The van der Waals surface area contributed by atoms with Gasteiger partial charge in [0, 0.05) is 26.2 Å². The van der Waals surface area contributed by atoms with Crippen LogP contribution in [0, 0.1) is 5.92 Å². The molecular weight excluding hydrogens is 220 g/mol. The number of hydrogen-bond donors (Lipinski definition) is 0. The van der Waals surface area contributed by atoms with E-state index in [9.17, 15) is 0 Å². The second kappa shape index (κ2) is 9.80. The molecule has 0 amide bonds. The molecule has 0 unspecified atom stereocenters. The monoisotopic (exact) mass is 254 g/mol. The van der Waals surface area contributed by atoms with Gasteiger partial charge in [-0.05, 0) is 25.4 Å². The first-order chi connectivity index (χ1) is 8.72. The van der Waals surface area contributed by atoms with E-state index < -0.39 is 0 Å². The highest BCUT2D eigenvalue weighted by Gasteiger charge is 2.14. The summed E-state index contributed by atoms with van der Waals surface area (Å²) in [6.07, 6.45) is 8.59. The van der Waals surface area contributed by atoms with Crippen LogP contribution in [-0.2, 0) is 0 Å². The van der Waals surface area contributed by atoms with Crippen LogP contribution in [0.3, 0.4) is 0 Å². The van der Waals surface area contributed by atoms with Crippen LogP contribution in [0.1, 0.15) is 59.3 Å². The van der Waals surface area contributed by atoms with Crippen molar-refractivity contribution in [2.24, 2.45) is 5.92 Å². The molecule has 0 spiro atoms. The third kappa shape index (κ3) is 7.38. The largest absolute Gasteiger partial charge is 0.301 e. The van der Waals surface area contributed by atoms with Crippen LogP contribution in [0.4, 0.5) is 0 Å². The summed E-state index contributed by atoms with van der Waals surface area (Å²) >= 11 is 0. The minimum Gasteiger partial charge on any atom is -0.301 e. The Morgan fingerprint density at radius 3 is 1.94 bits per heavy atom. The first-order valence-corrected chi connectivity index (χ1v) is 8.17. The molecule has 0 atom stereocenters. The molecule has 2 heteroatoms. The molecule has 0 aromatic carbocycles. The summed E-state index contributed by atoms with van der Waals surface area (Å²) in [4.78, 5) is 5.21. The maximum absolute atomic E-state index is 2.65. The van der Waals surface area contributed by atoms with E-state index >= 15 is 0 Å². The lowest BCUT2D eigenvalue weighted by molar-refractivity contribution is 0.135. The molecule has 0 radical (unpaired) electrons. The Morgan fingerprint density at radius 2 is 1.33 bits per heavy atom. The predicted octanol–water partition coefficient (Wildman–Crippen LogP) is 3.62. The molecule has 0 saturated carbocycles. The number of piperazine rings is 1. The van der Waals surface area contributed by atoms with Gasteiger partial charge in [-0.2, -0.15) is 0 Å². The average molecular weight is 254 g/mol. The third-order valence-electron chi connectivity index (χ3n) is 4.17. The van der Waals surface area contributed by atoms with Crippen molar-refractivity contribution in [3.8, 4) is 0 Å². The third-order valence-corrected chi connectivity index (χ3v) is 4.17. The highest BCUT2D eigenvalue weighted by molar-refractivity contribution is 4.70. The van der Waals surface area contributed by atoms with E-state index in [1.54, 1.807) is 0 Å². The van der Waals surface area contributed by atoms with Gasteiger partial charge < -0.3 is 9.80 Å². The Bertz CT molecular complexity index is 184. The topological polar surface area (TPSA) is 6.48 Å². The zero-order valence-corrected chi connectivity index (χ0v) is 13.0. The average Bonchev–Trinajstić information content (AvgIpc) is 2.38. The second-order valence-corrected chi connectivity index (χ2v) is 6.23. The smallest absolute Gasteiger partial charge is 0.0110 e. The van der Waals surface area contributed by atoms with Gasteiger partial charge in [0.2, 0.25) is 0 Å². The zero-order valence-electron chi connectivity index (χ0n) is 13.0. The predicted molar refractivity (Wildman–Crippen MR) is 81.1 cm³/mol. The van der Waals surface area contributed by atoms with Crippen molar-refractivity contribution >= 4 is 0 Å². The number of likely N-dealkylation sites (N-methyl/N-ethyl adjacent to an activating group) is 1. The quantitative estimate of drug-likeness (QED) is 0.580. The van der Waals surface area contributed by atoms with Gasteiger partial charge in [0.25, 0.3) is 0 Å². The summed E-state index contributed by atoms with van der Waals surface area (Å²) < 4.78 is 0. The van der Waals surface area contributed by atoms with Crippen LogP contribution in [0.5, 0.6) is 0 Å². The molecule has 0 aromatic rings. The van der Waals surface area contributed by atoms with Crippen LogP contribution in [-0.4, -0.2) is 49.1 Å². The van der Waals surface area contributed by atoms with E-state index in [0.717, 1.165) is 5.92 Å². The zero-order chi connectivity index (χ0) is 13.2. The van der Waals surface area contributed by atoms with E-state index in [1.807, 2.05) is 0 Å². The Kier molecular flexibility index (Phi) is 8.70. The lowest BCUT2D eigenvalue weighted by Crippen LogP contribution is -2.46. The Hall–Kier alpha value is -0.0800. The van der Waals surface area contributed by atoms with Gasteiger partial charge in [-0.15, -0.1) is 0 Å². The molecule has 0 N–H and O–H groups in total. The molecule has 108 valence electrons. The first-order valence-electron chi connectivity index (χ1n) is 8.17. The standard InChI is InChI=1S/C16H34N2/c1-4-17-12-14-18(15-13-17)11-9-7-5-6-8-10-16(2)3/h16H,4-15H2,1-3H3. The van der Waals surface area contributed by atoms with E-state index in [4.69, 9.17) is 0 Å². The molecule has 0 bridgehead atoms. The number of unbranched alkanes of at least 4 members (excludes halogenated alkanes) is 4. The highest BCUT2D eigenvalue weighted by atomic mass is 15.3. The normalized spacial score (nSPS) is 18.7. The van der Waals surface area contributed by atoms with Crippen molar-refractivity contribution in [2.75, 3.05) is 39.3 Å². The first kappa shape index (κ1) is 16.0. The van der Waals surface area contributed by atoms with Gasteiger partial charge >= 0.3 is 0 Å². The lowest BCUT2D eigenvalue weighted by Gasteiger charge is -2.33. The SMILES string of the molecule is CCN1CCN(CCCCCCCC(C)C)CC1. The molecule has 1 fully saturated rings. The summed E-state index contributed by atoms with van der Waals surface area (Å²) in [6, 6.07) is 0. The summed E-state index contributed by atoms with van der Waals surface area (Å²) in [5, 5.41) is 0. The Balaban J connectivity index is 1.86. The van der Waals surface area contributed by atoms with Gasteiger partial charge in [0.05, 0.1) is 0 Å². The molecule has 0 aliphatic carbocycles. The highest BCUT2D eigenvalue weighted by Crippen LogP contribution is 2.11. The van der Waals surface area contributed by atoms with Gasteiger partial charge in [-0.25, -0.2) is 0 Å². The van der Waals surface area contributed by atoms with Crippen LogP contribution in [0.15, 0.2) is 0 Å². The van der Waals surface area contributed by atoms with Crippen molar-refractivity contribution in [2.45, 2.75) is 59.3 Å².